The SMILES string of the molecule is Cc1cc(Nc2ccc(F)cc2C(F)(F)F)cnc1CNC(=O)C1(N)CCC1. The third-order valence-corrected chi connectivity index (χ3v) is 4.87. The van der Waals surface area contributed by atoms with Gasteiger partial charge in [0.1, 0.15) is 5.82 Å². The highest BCUT2D eigenvalue weighted by Crippen LogP contribution is 2.36. The van der Waals surface area contributed by atoms with Crippen molar-refractivity contribution in [3.8, 4) is 0 Å². The van der Waals surface area contributed by atoms with Crippen LogP contribution in [0.2, 0.25) is 0 Å². The molecule has 1 aliphatic carbocycles. The number of aryl methyl sites for hydroxylation is 1. The minimum Gasteiger partial charge on any atom is -0.354 e. The number of halogens is 4. The van der Waals surface area contributed by atoms with Crippen LogP contribution >= 0.6 is 0 Å². The first-order valence-electron chi connectivity index (χ1n) is 8.75. The van der Waals surface area contributed by atoms with Gasteiger partial charge in [0.15, 0.2) is 0 Å². The number of aromatic nitrogens is 1. The summed E-state index contributed by atoms with van der Waals surface area (Å²) >= 11 is 0. The first kappa shape index (κ1) is 20.1. The van der Waals surface area contributed by atoms with E-state index in [0.29, 0.717) is 35.9 Å². The maximum absolute atomic E-state index is 13.2. The highest BCUT2D eigenvalue weighted by molar-refractivity contribution is 5.86. The number of hydrogen-bond acceptors (Lipinski definition) is 4. The Morgan fingerprint density at radius 2 is 2.00 bits per heavy atom. The van der Waals surface area contributed by atoms with E-state index in [1.54, 1.807) is 13.0 Å². The van der Waals surface area contributed by atoms with E-state index in [1.165, 1.54) is 6.20 Å². The third-order valence-electron chi connectivity index (χ3n) is 4.87. The molecular weight excluding hydrogens is 376 g/mol. The molecule has 1 heterocycles. The summed E-state index contributed by atoms with van der Waals surface area (Å²) in [6, 6.07) is 4.03. The molecule has 4 N–H and O–H groups in total. The number of benzene rings is 1. The quantitative estimate of drug-likeness (QED) is 0.672. The fourth-order valence-corrected chi connectivity index (χ4v) is 3.00. The van der Waals surface area contributed by atoms with Gasteiger partial charge in [0.25, 0.3) is 0 Å². The Balaban J connectivity index is 1.72. The van der Waals surface area contributed by atoms with E-state index in [2.05, 4.69) is 15.6 Å². The molecule has 9 heteroatoms. The number of anilines is 2. The number of pyridine rings is 1. The van der Waals surface area contributed by atoms with Gasteiger partial charge in [-0.1, -0.05) is 0 Å². The molecule has 0 atom stereocenters. The van der Waals surface area contributed by atoms with Crippen LogP contribution in [0.3, 0.4) is 0 Å². The number of carbonyl (C=O) groups excluding carboxylic acids is 1. The van der Waals surface area contributed by atoms with Crippen molar-refractivity contribution in [3.05, 3.63) is 53.1 Å². The van der Waals surface area contributed by atoms with Gasteiger partial charge in [-0.25, -0.2) is 4.39 Å². The fraction of sp³-hybridized carbons (Fsp3) is 0.368. The van der Waals surface area contributed by atoms with Gasteiger partial charge in [0.2, 0.25) is 5.91 Å². The lowest BCUT2D eigenvalue weighted by Gasteiger charge is -2.36. The minimum atomic E-state index is -4.70. The first-order chi connectivity index (χ1) is 13.1. The Kier molecular flexibility index (Phi) is 5.29. The van der Waals surface area contributed by atoms with Gasteiger partial charge < -0.3 is 16.4 Å². The van der Waals surface area contributed by atoms with Crippen molar-refractivity contribution in [2.45, 2.75) is 44.4 Å². The van der Waals surface area contributed by atoms with Crippen molar-refractivity contribution in [2.75, 3.05) is 5.32 Å². The molecule has 1 fully saturated rings. The molecule has 0 bridgehead atoms. The number of amides is 1. The molecule has 3 rings (SSSR count). The van der Waals surface area contributed by atoms with E-state index in [9.17, 15) is 22.4 Å². The minimum absolute atomic E-state index is 0.175. The van der Waals surface area contributed by atoms with Gasteiger partial charge in [-0.05, 0) is 56.0 Å². The van der Waals surface area contributed by atoms with Crippen molar-refractivity contribution in [2.24, 2.45) is 5.73 Å². The molecule has 0 spiro atoms. The zero-order valence-electron chi connectivity index (χ0n) is 15.2. The topological polar surface area (TPSA) is 80.0 Å². The van der Waals surface area contributed by atoms with E-state index in [4.69, 9.17) is 5.73 Å². The second kappa shape index (κ2) is 7.38. The largest absolute Gasteiger partial charge is 0.418 e. The second-order valence-electron chi connectivity index (χ2n) is 6.99. The maximum Gasteiger partial charge on any atom is 0.418 e. The Morgan fingerprint density at radius 1 is 1.29 bits per heavy atom. The van der Waals surface area contributed by atoms with Crippen LogP contribution < -0.4 is 16.4 Å². The lowest BCUT2D eigenvalue weighted by molar-refractivity contribution is -0.137. The third kappa shape index (κ3) is 4.24. The molecule has 1 amide bonds. The number of nitrogens with two attached hydrogens (primary N) is 1. The number of carbonyl (C=O) groups is 1. The number of nitrogens with zero attached hydrogens (tertiary/aromatic N) is 1. The maximum atomic E-state index is 13.2. The van der Waals surface area contributed by atoms with Crippen molar-refractivity contribution < 1.29 is 22.4 Å². The van der Waals surface area contributed by atoms with Crippen LogP contribution in [-0.4, -0.2) is 16.4 Å². The van der Waals surface area contributed by atoms with E-state index in [-0.39, 0.29) is 18.1 Å². The van der Waals surface area contributed by atoms with Gasteiger partial charge >= 0.3 is 6.18 Å². The molecule has 1 saturated carbocycles. The van der Waals surface area contributed by atoms with Gasteiger partial charge in [0.05, 0.1) is 40.9 Å². The smallest absolute Gasteiger partial charge is 0.354 e. The average molecular weight is 396 g/mol. The highest BCUT2D eigenvalue weighted by atomic mass is 19.4. The summed E-state index contributed by atoms with van der Waals surface area (Å²) in [7, 11) is 0. The molecule has 0 saturated heterocycles. The summed E-state index contributed by atoms with van der Waals surface area (Å²) in [4.78, 5) is 16.3. The van der Waals surface area contributed by atoms with Gasteiger partial charge in [0, 0.05) is 0 Å². The van der Waals surface area contributed by atoms with Gasteiger partial charge in [-0.2, -0.15) is 13.2 Å². The van der Waals surface area contributed by atoms with Crippen LogP contribution in [0.25, 0.3) is 0 Å². The lowest BCUT2D eigenvalue weighted by atomic mass is 9.77. The number of hydrogen-bond donors (Lipinski definition) is 3. The summed E-state index contributed by atoms with van der Waals surface area (Å²) in [6.07, 6.45) is -1.12. The van der Waals surface area contributed by atoms with E-state index in [1.807, 2.05) is 0 Å². The number of rotatable bonds is 5. The Morgan fingerprint density at radius 3 is 2.57 bits per heavy atom. The summed E-state index contributed by atoms with van der Waals surface area (Å²) < 4.78 is 52.5. The Labute approximate surface area is 159 Å². The number of nitrogens with one attached hydrogen (secondary N) is 2. The Hall–Kier alpha value is -2.68. The normalized spacial score (nSPS) is 15.6. The summed E-state index contributed by atoms with van der Waals surface area (Å²) in [5.41, 5.74) is 5.35. The molecule has 150 valence electrons. The van der Waals surface area contributed by atoms with E-state index >= 15 is 0 Å². The monoisotopic (exact) mass is 396 g/mol. The summed E-state index contributed by atoms with van der Waals surface area (Å²) in [6.45, 7) is 1.91. The predicted molar refractivity (Wildman–Crippen MR) is 96.3 cm³/mol. The lowest BCUT2D eigenvalue weighted by Crippen LogP contribution is -2.58. The molecular formula is C19H20F4N4O. The van der Waals surface area contributed by atoms with Crippen LogP contribution in [-0.2, 0) is 17.5 Å². The standard InChI is InChI=1S/C19H20F4N4O/c1-11-7-13(27-15-4-3-12(20)8-14(15)19(21,22)23)9-25-16(11)10-26-17(28)18(24)5-2-6-18/h3-4,7-9,27H,2,5-6,10,24H2,1H3,(H,26,28). The summed E-state index contributed by atoms with van der Waals surface area (Å²) in [5.74, 6) is -1.20. The molecule has 0 aliphatic heterocycles. The van der Waals surface area contributed by atoms with Crippen molar-refractivity contribution in [1.82, 2.24) is 10.3 Å². The first-order valence-corrected chi connectivity index (χ1v) is 8.75. The van der Waals surface area contributed by atoms with Crippen molar-refractivity contribution >= 4 is 17.3 Å². The zero-order valence-corrected chi connectivity index (χ0v) is 15.2. The molecule has 1 aromatic heterocycles. The van der Waals surface area contributed by atoms with Crippen molar-refractivity contribution in [1.29, 1.82) is 0 Å². The molecule has 28 heavy (non-hydrogen) atoms. The highest BCUT2D eigenvalue weighted by Gasteiger charge is 2.39. The van der Waals surface area contributed by atoms with Crippen LogP contribution in [0.4, 0.5) is 28.9 Å². The molecule has 0 radical (unpaired) electrons. The van der Waals surface area contributed by atoms with Crippen molar-refractivity contribution in [3.63, 3.8) is 0 Å². The molecule has 0 unspecified atom stereocenters. The molecule has 5 nitrogen and oxygen atoms in total. The van der Waals surface area contributed by atoms with Gasteiger partial charge in [-0.15, -0.1) is 0 Å². The van der Waals surface area contributed by atoms with Crippen LogP contribution in [0, 0.1) is 12.7 Å². The summed E-state index contributed by atoms with van der Waals surface area (Å²) in [5, 5.41) is 5.37. The van der Waals surface area contributed by atoms with E-state index < -0.39 is 23.1 Å². The molecule has 2 aromatic rings. The predicted octanol–water partition coefficient (Wildman–Crippen LogP) is 3.79. The zero-order chi connectivity index (χ0) is 20.5. The van der Waals surface area contributed by atoms with Crippen LogP contribution in [0.15, 0.2) is 30.5 Å². The van der Waals surface area contributed by atoms with Crippen LogP contribution in [0.1, 0.15) is 36.1 Å². The molecule has 1 aliphatic rings. The average Bonchev–Trinajstić information content (AvgIpc) is 2.59. The van der Waals surface area contributed by atoms with E-state index in [0.717, 1.165) is 18.6 Å². The Bertz CT molecular complexity index is 894. The number of alkyl halides is 3. The van der Waals surface area contributed by atoms with Crippen LogP contribution in [0.5, 0.6) is 0 Å². The van der Waals surface area contributed by atoms with Gasteiger partial charge in [-0.3, -0.25) is 9.78 Å². The fourth-order valence-electron chi connectivity index (χ4n) is 3.00. The molecule has 1 aromatic carbocycles. The second-order valence-corrected chi connectivity index (χ2v) is 6.99.